The van der Waals surface area contributed by atoms with Gasteiger partial charge >= 0.3 is 5.97 Å². The van der Waals surface area contributed by atoms with Crippen LogP contribution in [-0.4, -0.2) is 36.4 Å². The Balaban J connectivity index is 2.48. The first-order valence-corrected chi connectivity index (χ1v) is 7.62. The van der Waals surface area contributed by atoms with Gasteiger partial charge in [-0.15, -0.1) is 0 Å². The SMILES string of the molecule is COc1ccccc1S(=O)(=O)Cc1c(C(=O)O)cnn1C. The summed E-state index contributed by atoms with van der Waals surface area (Å²) in [6.45, 7) is 0. The molecular weight excluding hydrogens is 296 g/mol. The highest BCUT2D eigenvalue weighted by Gasteiger charge is 2.25. The van der Waals surface area contributed by atoms with Crippen LogP contribution in [0.15, 0.2) is 35.4 Å². The summed E-state index contributed by atoms with van der Waals surface area (Å²) in [6.07, 6.45) is 1.13. The molecule has 0 aliphatic carbocycles. The second kappa shape index (κ2) is 5.57. The Bertz CT molecular complexity index is 780. The summed E-state index contributed by atoms with van der Waals surface area (Å²) in [6, 6.07) is 6.20. The molecule has 7 nitrogen and oxygen atoms in total. The van der Waals surface area contributed by atoms with Crippen LogP contribution in [0.1, 0.15) is 16.1 Å². The zero-order valence-corrected chi connectivity index (χ0v) is 12.3. The first-order chi connectivity index (χ1) is 9.86. The van der Waals surface area contributed by atoms with Crippen LogP contribution in [0.5, 0.6) is 5.75 Å². The van der Waals surface area contributed by atoms with Crippen molar-refractivity contribution in [2.75, 3.05) is 7.11 Å². The molecule has 112 valence electrons. The van der Waals surface area contributed by atoms with Crippen molar-refractivity contribution in [2.24, 2.45) is 7.05 Å². The highest BCUT2D eigenvalue weighted by molar-refractivity contribution is 7.90. The van der Waals surface area contributed by atoms with E-state index in [1.807, 2.05) is 0 Å². The Morgan fingerprint density at radius 3 is 2.67 bits per heavy atom. The summed E-state index contributed by atoms with van der Waals surface area (Å²) in [7, 11) is -0.878. The molecule has 1 aromatic carbocycles. The van der Waals surface area contributed by atoms with E-state index in [0.717, 1.165) is 6.20 Å². The molecule has 0 radical (unpaired) electrons. The van der Waals surface area contributed by atoms with E-state index in [-0.39, 0.29) is 21.9 Å². The number of hydrogen-bond donors (Lipinski definition) is 1. The number of nitrogens with zero attached hydrogens (tertiary/aromatic N) is 2. The molecule has 0 bridgehead atoms. The average molecular weight is 310 g/mol. The van der Waals surface area contributed by atoms with E-state index >= 15 is 0 Å². The van der Waals surface area contributed by atoms with E-state index in [1.54, 1.807) is 12.1 Å². The normalized spacial score (nSPS) is 11.3. The van der Waals surface area contributed by atoms with Crippen molar-refractivity contribution < 1.29 is 23.1 Å². The third kappa shape index (κ3) is 2.89. The number of methoxy groups -OCH3 is 1. The molecule has 0 saturated heterocycles. The third-order valence-electron chi connectivity index (χ3n) is 3.02. The maximum Gasteiger partial charge on any atom is 0.339 e. The Kier molecular flexibility index (Phi) is 3.99. The van der Waals surface area contributed by atoms with Gasteiger partial charge in [0.15, 0.2) is 9.84 Å². The van der Waals surface area contributed by atoms with E-state index in [0.29, 0.717) is 0 Å². The summed E-state index contributed by atoms with van der Waals surface area (Å²) in [5.41, 5.74) is -0.00983. The fraction of sp³-hybridized carbons (Fsp3) is 0.231. The highest BCUT2D eigenvalue weighted by Crippen LogP contribution is 2.26. The number of carbonyl (C=O) groups is 1. The molecular formula is C13H14N2O5S. The van der Waals surface area contributed by atoms with E-state index in [9.17, 15) is 13.2 Å². The second-order valence-electron chi connectivity index (χ2n) is 4.34. The molecule has 0 fully saturated rings. The number of carboxylic acids is 1. The van der Waals surface area contributed by atoms with Crippen molar-refractivity contribution in [3.05, 3.63) is 41.7 Å². The van der Waals surface area contributed by atoms with Gasteiger partial charge in [-0.05, 0) is 12.1 Å². The molecule has 0 spiro atoms. The summed E-state index contributed by atoms with van der Waals surface area (Å²) in [4.78, 5) is 11.1. The van der Waals surface area contributed by atoms with E-state index in [1.165, 1.54) is 31.0 Å². The zero-order chi connectivity index (χ0) is 15.6. The van der Waals surface area contributed by atoms with Crippen molar-refractivity contribution in [3.63, 3.8) is 0 Å². The van der Waals surface area contributed by atoms with Gasteiger partial charge in [0.2, 0.25) is 0 Å². The number of rotatable bonds is 5. The van der Waals surface area contributed by atoms with Crippen LogP contribution in [0.2, 0.25) is 0 Å². The van der Waals surface area contributed by atoms with Crippen LogP contribution in [-0.2, 0) is 22.6 Å². The maximum atomic E-state index is 12.5. The van der Waals surface area contributed by atoms with Gasteiger partial charge < -0.3 is 9.84 Å². The Morgan fingerprint density at radius 2 is 2.05 bits per heavy atom. The van der Waals surface area contributed by atoms with Crippen LogP contribution in [0.3, 0.4) is 0 Å². The number of para-hydroxylation sites is 1. The molecule has 1 heterocycles. The number of aryl methyl sites for hydroxylation is 1. The molecule has 21 heavy (non-hydrogen) atoms. The first kappa shape index (κ1) is 15.0. The topological polar surface area (TPSA) is 98.5 Å². The summed E-state index contributed by atoms with van der Waals surface area (Å²) >= 11 is 0. The van der Waals surface area contributed by atoms with Crippen molar-refractivity contribution in [1.29, 1.82) is 0 Å². The fourth-order valence-electron chi connectivity index (χ4n) is 1.95. The Hall–Kier alpha value is -2.35. The molecule has 0 amide bonds. The average Bonchev–Trinajstić information content (AvgIpc) is 2.80. The molecule has 2 aromatic rings. The Labute approximate surface area is 121 Å². The fourth-order valence-corrected chi connectivity index (χ4v) is 3.55. The number of aromatic nitrogens is 2. The van der Waals surface area contributed by atoms with Gasteiger partial charge in [-0.1, -0.05) is 12.1 Å². The smallest absolute Gasteiger partial charge is 0.339 e. The van der Waals surface area contributed by atoms with Gasteiger partial charge in [-0.2, -0.15) is 5.10 Å². The van der Waals surface area contributed by atoms with Crippen LogP contribution >= 0.6 is 0 Å². The van der Waals surface area contributed by atoms with Crippen molar-refractivity contribution in [2.45, 2.75) is 10.6 Å². The minimum absolute atomic E-state index is 0.0186. The first-order valence-electron chi connectivity index (χ1n) is 5.96. The molecule has 0 unspecified atom stereocenters. The number of ether oxygens (including phenoxy) is 1. The van der Waals surface area contributed by atoms with Gasteiger partial charge in [-0.3, -0.25) is 4.68 Å². The molecule has 2 rings (SSSR count). The lowest BCUT2D eigenvalue weighted by Crippen LogP contribution is -2.13. The second-order valence-corrected chi connectivity index (χ2v) is 6.30. The van der Waals surface area contributed by atoms with Crippen LogP contribution < -0.4 is 4.74 Å². The third-order valence-corrected chi connectivity index (χ3v) is 4.68. The van der Waals surface area contributed by atoms with Gasteiger partial charge in [-0.25, -0.2) is 13.2 Å². The molecule has 0 aliphatic heterocycles. The van der Waals surface area contributed by atoms with Gasteiger partial charge in [0.1, 0.15) is 16.2 Å². The van der Waals surface area contributed by atoms with Crippen molar-refractivity contribution >= 4 is 15.8 Å². The minimum Gasteiger partial charge on any atom is -0.495 e. The molecule has 1 N–H and O–H groups in total. The maximum absolute atomic E-state index is 12.5. The number of sulfone groups is 1. The predicted molar refractivity (Wildman–Crippen MR) is 74.1 cm³/mol. The van der Waals surface area contributed by atoms with Crippen molar-refractivity contribution in [1.82, 2.24) is 9.78 Å². The molecule has 0 atom stereocenters. The van der Waals surface area contributed by atoms with Gasteiger partial charge in [0, 0.05) is 7.05 Å². The number of benzene rings is 1. The van der Waals surface area contributed by atoms with E-state index in [2.05, 4.69) is 5.10 Å². The molecule has 8 heteroatoms. The van der Waals surface area contributed by atoms with Crippen molar-refractivity contribution in [3.8, 4) is 5.75 Å². The van der Waals surface area contributed by atoms with E-state index < -0.39 is 21.6 Å². The number of carboxylic acid groups (broad SMARTS) is 1. The Morgan fingerprint density at radius 1 is 1.38 bits per heavy atom. The van der Waals surface area contributed by atoms with Gasteiger partial charge in [0.05, 0.1) is 24.8 Å². The lowest BCUT2D eigenvalue weighted by molar-refractivity contribution is 0.0696. The molecule has 0 aliphatic rings. The lowest BCUT2D eigenvalue weighted by Gasteiger charge is -2.10. The zero-order valence-electron chi connectivity index (χ0n) is 11.5. The van der Waals surface area contributed by atoms with Gasteiger partial charge in [0.25, 0.3) is 0 Å². The monoisotopic (exact) mass is 310 g/mol. The minimum atomic E-state index is -3.75. The highest BCUT2D eigenvalue weighted by atomic mass is 32.2. The number of hydrogen-bond acceptors (Lipinski definition) is 5. The summed E-state index contributed by atoms with van der Waals surface area (Å²) in [5.74, 6) is -1.46. The molecule has 1 aromatic heterocycles. The number of aromatic carboxylic acids is 1. The van der Waals surface area contributed by atoms with Crippen LogP contribution in [0, 0.1) is 0 Å². The predicted octanol–water partition coefficient (Wildman–Crippen LogP) is 1.10. The van der Waals surface area contributed by atoms with Crippen LogP contribution in [0.25, 0.3) is 0 Å². The quantitative estimate of drug-likeness (QED) is 0.888. The largest absolute Gasteiger partial charge is 0.495 e. The lowest BCUT2D eigenvalue weighted by atomic mass is 10.3. The van der Waals surface area contributed by atoms with E-state index in [4.69, 9.17) is 9.84 Å². The summed E-state index contributed by atoms with van der Waals surface area (Å²) < 4.78 is 31.3. The summed E-state index contributed by atoms with van der Waals surface area (Å²) in [5, 5.41) is 12.9. The van der Waals surface area contributed by atoms with Crippen LogP contribution in [0.4, 0.5) is 0 Å². The molecule has 0 saturated carbocycles. The standard InChI is InChI=1S/C13H14N2O5S/c1-15-10(9(7-14-15)13(16)17)8-21(18,19)12-6-4-3-5-11(12)20-2/h3-7H,8H2,1-2H3,(H,16,17).